The summed E-state index contributed by atoms with van der Waals surface area (Å²) in [6, 6.07) is 1.81. The molecule has 0 aliphatic heterocycles. The minimum Gasteiger partial charge on any atom is -0.384 e. The van der Waals surface area contributed by atoms with Crippen molar-refractivity contribution in [1.29, 1.82) is 0 Å². The summed E-state index contributed by atoms with van der Waals surface area (Å²) in [6.07, 6.45) is 0. The Morgan fingerprint density at radius 3 is 2.56 bits per heavy atom. The highest BCUT2D eigenvalue weighted by atomic mass is 32.1. The Bertz CT molecular complexity index is 504. The van der Waals surface area contributed by atoms with Crippen LogP contribution in [0.3, 0.4) is 0 Å². The standard InChI is InChI=1S/C11H14N4S/c1-6(2)8-4-10(12)15-11(14-8)9-5-16-7(3)13-9/h4-6H,1-3H3,(H2,12,14,15). The van der Waals surface area contributed by atoms with E-state index < -0.39 is 0 Å². The summed E-state index contributed by atoms with van der Waals surface area (Å²) in [7, 11) is 0. The fourth-order valence-corrected chi connectivity index (χ4v) is 1.95. The van der Waals surface area contributed by atoms with E-state index in [1.165, 1.54) is 0 Å². The Balaban J connectivity index is 2.49. The van der Waals surface area contributed by atoms with Crippen molar-refractivity contribution in [2.24, 2.45) is 0 Å². The number of hydrogen-bond donors (Lipinski definition) is 1. The van der Waals surface area contributed by atoms with Gasteiger partial charge in [-0.05, 0) is 12.8 Å². The Morgan fingerprint density at radius 1 is 1.25 bits per heavy atom. The number of nitrogens with zero attached hydrogens (tertiary/aromatic N) is 3. The molecule has 4 nitrogen and oxygen atoms in total. The first kappa shape index (κ1) is 11.0. The maximum Gasteiger partial charge on any atom is 0.181 e. The molecule has 0 saturated carbocycles. The quantitative estimate of drug-likeness (QED) is 0.867. The molecular weight excluding hydrogens is 220 g/mol. The largest absolute Gasteiger partial charge is 0.384 e. The summed E-state index contributed by atoms with van der Waals surface area (Å²) in [5.41, 5.74) is 7.52. The van der Waals surface area contributed by atoms with Crippen molar-refractivity contribution in [3.05, 3.63) is 22.1 Å². The maximum absolute atomic E-state index is 5.77. The highest BCUT2D eigenvalue weighted by Crippen LogP contribution is 2.21. The molecule has 84 valence electrons. The van der Waals surface area contributed by atoms with Crippen LogP contribution in [0.1, 0.15) is 30.5 Å². The van der Waals surface area contributed by atoms with Crippen molar-refractivity contribution in [3.8, 4) is 11.5 Å². The zero-order chi connectivity index (χ0) is 11.7. The SMILES string of the molecule is Cc1nc(-c2nc(N)cc(C(C)C)n2)cs1. The zero-order valence-electron chi connectivity index (χ0n) is 9.56. The van der Waals surface area contributed by atoms with Gasteiger partial charge in [-0.3, -0.25) is 0 Å². The molecule has 0 aliphatic carbocycles. The molecule has 2 rings (SSSR count). The molecule has 0 bridgehead atoms. The van der Waals surface area contributed by atoms with Crippen LogP contribution in [0, 0.1) is 6.92 Å². The molecule has 2 aromatic rings. The molecule has 2 aromatic heterocycles. The van der Waals surface area contributed by atoms with Gasteiger partial charge in [-0.2, -0.15) is 0 Å². The van der Waals surface area contributed by atoms with E-state index in [9.17, 15) is 0 Å². The van der Waals surface area contributed by atoms with Gasteiger partial charge < -0.3 is 5.73 Å². The van der Waals surface area contributed by atoms with Gasteiger partial charge in [0.05, 0.1) is 5.01 Å². The second kappa shape index (κ2) is 4.17. The Morgan fingerprint density at radius 2 is 2.00 bits per heavy atom. The van der Waals surface area contributed by atoms with Crippen LogP contribution in [0.4, 0.5) is 5.82 Å². The summed E-state index contributed by atoms with van der Waals surface area (Å²) in [5, 5.41) is 2.96. The van der Waals surface area contributed by atoms with Gasteiger partial charge in [0.25, 0.3) is 0 Å². The lowest BCUT2D eigenvalue weighted by Gasteiger charge is -2.06. The monoisotopic (exact) mass is 234 g/mol. The summed E-state index contributed by atoms with van der Waals surface area (Å²) < 4.78 is 0. The third kappa shape index (κ3) is 2.19. The van der Waals surface area contributed by atoms with Crippen LogP contribution in [-0.2, 0) is 0 Å². The van der Waals surface area contributed by atoms with E-state index in [1.54, 1.807) is 11.3 Å². The molecule has 2 heterocycles. The molecule has 0 saturated heterocycles. The van der Waals surface area contributed by atoms with E-state index in [2.05, 4.69) is 28.8 Å². The second-order valence-electron chi connectivity index (χ2n) is 3.95. The molecule has 0 spiro atoms. The molecule has 0 aliphatic rings. The third-order valence-corrected chi connectivity index (χ3v) is 2.98. The van der Waals surface area contributed by atoms with Crippen LogP contribution in [0.25, 0.3) is 11.5 Å². The lowest BCUT2D eigenvalue weighted by atomic mass is 10.1. The first-order chi connectivity index (χ1) is 7.56. The number of nitrogen functional groups attached to an aromatic ring is 1. The van der Waals surface area contributed by atoms with E-state index >= 15 is 0 Å². The van der Waals surface area contributed by atoms with Gasteiger partial charge in [-0.15, -0.1) is 11.3 Å². The Hall–Kier alpha value is -1.49. The van der Waals surface area contributed by atoms with Gasteiger partial charge >= 0.3 is 0 Å². The van der Waals surface area contributed by atoms with Crippen molar-refractivity contribution in [2.75, 3.05) is 5.73 Å². The summed E-state index contributed by atoms with van der Waals surface area (Å²) in [6.45, 7) is 6.12. The van der Waals surface area contributed by atoms with E-state index in [1.807, 2.05) is 18.4 Å². The fourth-order valence-electron chi connectivity index (χ4n) is 1.36. The molecule has 0 aromatic carbocycles. The number of aryl methyl sites for hydroxylation is 1. The Labute approximate surface area is 98.6 Å². The smallest absolute Gasteiger partial charge is 0.181 e. The van der Waals surface area contributed by atoms with Gasteiger partial charge in [0.15, 0.2) is 5.82 Å². The van der Waals surface area contributed by atoms with Crippen molar-refractivity contribution < 1.29 is 0 Å². The van der Waals surface area contributed by atoms with Crippen molar-refractivity contribution in [1.82, 2.24) is 15.0 Å². The van der Waals surface area contributed by atoms with Crippen LogP contribution in [0.5, 0.6) is 0 Å². The molecule has 2 N–H and O–H groups in total. The fraction of sp³-hybridized carbons (Fsp3) is 0.364. The van der Waals surface area contributed by atoms with E-state index in [0.29, 0.717) is 17.6 Å². The van der Waals surface area contributed by atoms with Gasteiger partial charge in [0, 0.05) is 17.1 Å². The predicted octanol–water partition coefficient (Wildman–Crippen LogP) is 2.61. The predicted molar refractivity (Wildman–Crippen MR) is 66.4 cm³/mol. The van der Waals surface area contributed by atoms with Crippen LogP contribution < -0.4 is 5.73 Å². The lowest BCUT2D eigenvalue weighted by Crippen LogP contribution is -2.01. The third-order valence-electron chi connectivity index (χ3n) is 2.21. The van der Waals surface area contributed by atoms with Crippen LogP contribution in [0.15, 0.2) is 11.4 Å². The molecule has 0 amide bonds. The molecular formula is C11H14N4S. The molecule has 5 heteroatoms. The minimum atomic E-state index is 0.337. The molecule has 0 unspecified atom stereocenters. The van der Waals surface area contributed by atoms with E-state index in [4.69, 9.17) is 5.73 Å². The number of nitrogens with two attached hydrogens (primary N) is 1. The molecule has 16 heavy (non-hydrogen) atoms. The normalized spacial score (nSPS) is 11.0. The number of aromatic nitrogens is 3. The number of thiazole rings is 1. The average Bonchev–Trinajstić information content (AvgIpc) is 2.64. The van der Waals surface area contributed by atoms with Gasteiger partial charge in [0.1, 0.15) is 11.5 Å². The van der Waals surface area contributed by atoms with Crippen molar-refractivity contribution in [2.45, 2.75) is 26.7 Å². The van der Waals surface area contributed by atoms with E-state index in [-0.39, 0.29) is 0 Å². The topological polar surface area (TPSA) is 64.7 Å². The summed E-state index contributed by atoms with van der Waals surface area (Å²) in [4.78, 5) is 13.0. The van der Waals surface area contributed by atoms with Crippen LogP contribution in [-0.4, -0.2) is 15.0 Å². The zero-order valence-corrected chi connectivity index (χ0v) is 10.4. The van der Waals surface area contributed by atoms with Gasteiger partial charge in [0.2, 0.25) is 0 Å². The maximum atomic E-state index is 5.77. The average molecular weight is 234 g/mol. The van der Waals surface area contributed by atoms with Crippen molar-refractivity contribution in [3.63, 3.8) is 0 Å². The highest BCUT2D eigenvalue weighted by molar-refractivity contribution is 7.09. The molecule has 0 radical (unpaired) electrons. The van der Waals surface area contributed by atoms with Crippen molar-refractivity contribution >= 4 is 17.2 Å². The van der Waals surface area contributed by atoms with Gasteiger partial charge in [-0.1, -0.05) is 13.8 Å². The number of anilines is 1. The first-order valence-electron chi connectivity index (χ1n) is 5.13. The highest BCUT2D eigenvalue weighted by Gasteiger charge is 2.10. The summed E-state index contributed by atoms with van der Waals surface area (Å²) in [5.74, 6) is 1.45. The number of rotatable bonds is 2. The molecule has 0 fully saturated rings. The van der Waals surface area contributed by atoms with E-state index in [0.717, 1.165) is 16.4 Å². The molecule has 0 atom stereocenters. The van der Waals surface area contributed by atoms with Gasteiger partial charge in [-0.25, -0.2) is 15.0 Å². The minimum absolute atomic E-state index is 0.337. The lowest BCUT2D eigenvalue weighted by molar-refractivity contribution is 0.817. The second-order valence-corrected chi connectivity index (χ2v) is 5.01. The first-order valence-corrected chi connectivity index (χ1v) is 6.01. The number of hydrogen-bond acceptors (Lipinski definition) is 5. The van der Waals surface area contributed by atoms with Crippen LogP contribution in [0.2, 0.25) is 0 Å². The van der Waals surface area contributed by atoms with Crippen LogP contribution >= 0.6 is 11.3 Å². The Kier molecular flexibility index (Phi) is 2.87. The summed E-state index contributed by atoms with van der Waals surface area (Å²) >= 11 is 1.59.